The van der Waals surface area contributed by atoms with Crippen molar-refractivity contribution in [3.8, 4) is 0 Å². The van der Waals surface area contributed by atoms with Gasteiger partial charge in [-0.05, 0) is 36.8 Å². The maximum absolute atomic E-state index is 12.4. The molecular weight excluding hydrogens is 343 g/mol. The molecule has 0 aliphatic rings. The van der Waals surface area contributed by atoms with Crippen LogP contribution in [0, 0.1) is 6.92 Å². The molecule has 0 bridgehead atoms. The molecule has 1 N–H and O–H groups in total. The van der Waals surface area contributed by atoms with E-state index in [1.165, 1.54) is 12.1 Å². The van der Waals surface area contributed by atoms with Gasteiger partial charge in [-0.2, -0.15) is 0 Å². The van der Waals surface area contributed by atoms with Crippen LogP contribution in [0.5, 0.6) is 0 Å². The maximum Gasteiger partial charge on any atom is 0.335 e. The van der Waals surface area contributed by atoms with Crippen molar-refractivity contribution in [2.75, 3.05) is 0 Å². The van der Waals surface area contributed by atoms with Crippen molar-refractivity contribution >= 4 is 40.0 Å². The van der Waals surface area contributed by atoms with E-state index >= 15 is 0 Å². The van der Waals surface area contributed by atoms with Gasteiger partial charge in [0, 0.05) is 4.90 Å². The summed E-state index contributed by atoms with van der Waals surface area (Å²) in [6.45, 7) is 1.94. The molecule has 3 atom stereocenters. The molecular formula is C16H14Cl2O3S. The van der Waals surface area contributed by atoms with Gasteiger partial charge >= 0.3 is 5.97 Å². The third-order valence-corrected chi connectivity index (χ3v) is 6.10. The Labute approximate surface area is 141 Å². The molecule has 0 spiro atoms. The Balaban J connectivity index is 2.17. The van der Waals surface area contributed by atoms with E-state index in [4.69, 9.17) is 28.3 Å². The molecule has 1 unspecified atom stereocenters. The lowest BCUT2D eigenvalue weighted by Gasteiger charge is -2.16. The summed E-state index contributed by atoms with van der Waals surface area (Å²) in [6, 6.07) is 13.3. The minimum atomic E-state index is -1.46. The third kappa shape index (κ3) is 3.88. The minimum Gasteiger partial charge on any atom is -0.478 e. The second-order valence-electron chi connectivity index (χ2n) is 4.79. The lowest BCUT2D eigenvalue weighted by Crippen LogP contribution is -2.14. The predicted octanol–water partition coefficient (Wildman–Crippen LogP) is 4.35. The van der Waals surface area contributed by atoms with E-state index in [1.54, 1.807) is 24.3 Å². The summed E-state index contributed by atoms with van der Waals surface area (Å²) in [6.07, 6.45) is 0. The second-order valence-corrected chi connectivity index (χ2v) is 7.56. The van der Waals surface area contributed by atoms with Crippen LogP contribution in [-0.4, -0.2) is 20.0 Å². The van der Waals surface area contributed by atoms with Crippen LogP contribution in [0.4, 0.5) is 0 Å². The zero-order valence-electron chi connectivity index (χ0n) is 11.7. The molecule has 0 aromatic heterocycles. The summed E-state index contributed by atoms with van der Waals surface area (Å²) in [4.78, 5) is 11.4. The predicted molar refractivity (Wildman–Crippen MR) is 89.2 cm³/mol. The van der Waals surface area contributed by atoms with Crippen LogP contribution in [0.25, 0.3) is 0 Å². The molecule has 0 heterocycles. The molecule has 0 aliphatic carbocycles. The second kappa shape index (κ2) is 7.27. The standard InChI is InChI=1S/C16H14Cl2O3S/c1-10-2-8-13(9-3-10)22(21)15(18)14(17)11-4-6-12(7-5-11)16(19)20/h2-9,14-15H,1H3,(H,19,20)/t14-,15+,22?/m1/s1. The molecule has 0 amide bonds. The van der Waals surface area contributed by atoms with Gasteiger partial charge < -0.3 is 5.11 Å². The van der Waals surface area contributed by atoms with Crippen LogP contribution in [0.1, 0.15) is 26.9 Å². The van der Waals surface area contributed by atoms with Crippen molar-refractivity contribution in [1.82, 2.24) is 0 Å². The highest BCUT2D eigenvalue weighted by Crippen LogP contribution is 2.32. The molecule has 0 radical (unpaired) electrons. The maximum atomic E-state index is 12.4. The van der Waals surface area contributed by atoms with Crippen molar-refractivity contribution in [3.05, 3.63) is 65.2 Å². The van der Waals surface area contributed by atoms with Gasteiger partial charge in [-0.15, -0.1) is 23.2 Å². The summed E-state index contributed by atoms with van der Waals surface area (Å²) < 4.78 is 11.6. The molecule has 2 rings (SSSR count). The molecule has 0 aliphatic heterocycles. The van der Waals surface area contributed by atoms with Gasteiger partial charge in [0.1, 0.15) is 4.71 Å². The van der Waals surface area contributed by atoms with Crippen LogP contribution in [-0.2, 0) is 10.8 Å². The average Bonchev–Trinajstić information content (AvgIpc) is 2.53. The van der Waals surface area contributed by atoms with Gasteiger partial charge in [0.15, 0.2) is 0 Å². The number of alkyl halides is 2. The van der Waals surface area contributed by atoms with E-state index in [0.29, 0.717) is 10.5 Å². The van der Waals surface area contributed by atoms with E-state index in [-0.39, 0.29) is 5.56 Å². The smallest absolute Gasteiger partial charge is 0.335 e. The summed E-state index contributed by atoms with van der Waals surface area (Å²) in [5, 5.41) is 8.19. The number of carbonyl (C=O) groups is 1. The third-order valence-electron chi connectivity index (χ3n) is 3.16. The van der Waals surface area contributed by atoms with Crippen molar-refractivity contribution in [3.63, 3.8) is 0 Å². The zero-order valence-corrected chi connectivity index (χ0v) is 14.0. The molecule has 0 saturated heterocycles. The fourth-order valence-corrected chi connectivity index (χ4v) is 3.79. The highest BCUT2D eigenvalue weighted by atomic mass is 35.5. The van der Waals surface area contributed by atoms with E-state index in [1.807, 2.05) is 19.1 Å². The van der Waals surface area contributed by atoms with Gasteiger partial charge in [0.2, 0.25) is 0 Å². The number of hydrogen-bond acceptors (Lipinski definition) is 2. The van der Waals surface area contributed by atoms with Gasteiger partial charge in [-0.1, -0.05) is 29.8 Å². The van der Waals surface area contributed by atoms with Gasteiger partial charge in [-0.3, -0.25) is 4.21 Å². The number of halogens is 2. The first-order valence-electron chi connectivity index (χ1n) is 6.49. The van der Waals surface area contributed by atoms with E-state index in [9.17, 15) is 9.00 Å². The highest BCUT2D eigenvalue weighted by Gasteiger charge is 2.26. The molecule has 116 valence electrons. The van der Waals surface area contributed by atoms with E-state index in [0.717, 1.165) is 5.56 Å². The number of carboxylic acids is 1. The SMILES string of the molecule is Cc1ccc(S(=O)[C@H](Cl)[C@H](Cl)c2ccc(C(=O)O)cc2)cc1. The summed E-state index contributed by atoms with van der Waals surface area (Å²) >= 11 is 12.5. The first-order valence-corrected chi connectivity index (χ1v) is 8.57. The summed E-state index contributed by atoms with van der Waals surface area (Å²) in [5.41, 5.74) is 1.86. The zero-order chi connectivity index (χ0) is 16.3. The van der Waals surface area contributed by atoms with Crippen molar-refractivity contribution in [2.45, 2.75) is 21.9 Å². The van der Waals surface area contributed by atoms with Crippen molar-refractivity contribution in [1.29, 1.82) is 0 Å². The molecule has 2 aromatic carbocycles. The minimum absolute atomic E-state index is 0.165. The van der Waals surface area contributed by atoms with E-state index < -0.39 is 26.9 Å². The summed E-state index contributed by atoms with van der Waals surface area (Å²) in [5.74, 6) is -1.01. The van der Waals surface area contributed by atoms with Crippen LogP contribution >= 0.6 is 23.2 Å². The van der Waals surface area contributed by atoms with Gasteiger partial charge in [-0.25, -0.2) is 4.79 Å². The van der Waals surface area contributed by atoms with Crippen molar-refractivity contribution in [2.24, 2.45) is 0 Å². The van der Waals surface area contributed by atoms with Crippen LogP contribution in [0.2, 0.25) is 0 Å². The van der Waals surface area contributed by atoms with Crippen LogP contribution in [0.3, 0.4) is 0 Å². The average molecular weight is 357 g/mol. The Hall–Kier alpha value is -1.36. The van der Waals surface area contributed by atoms with Crippen LogP contribution in [0.15, 0.2) is 53.4 Å². The lowest BCUT2D eigenvalue weighted by molar-refractivity contribution is 0.0697. The lowest BCUT2D eigenvalue weighted by atomic mass is 10.1. The topological polar surface area (TPSA) is 54.4 Å². The number of rotatable bonds is 5. The number of aryl methyl sites for hydroxylation is 1. The molecule has 0 saturated carbocycles. The van der Waals surface area contributed by atoms with Crippen molar-refractivity contribution < 1.29 is 14.1 Å². The number of benzene rings is 2. The summed E-state index contributed by atoms with van der Waals surface area (Å²) in [7, 11) is -1.46. The molecule has 3 nitrogen and oxygen atoms in total. The van der Waals surface area contributed by atoms with Gasteiger partial charge in [0.05, 0.1) is 21.7 Å². The van der Waals surface area contributed by atoms with E-state index in [2.05, 4.69) is 0 Å². The highest BCUT2D eigenvalue weighted by molar-refractivity contribution is 7.87. The number of aromatic carboxylic acids is 1. The quantitative estimate of drug-likeness (QED) is 0.810. The Morgan fingerprint density at radius 2 is 1.59 bits per heavy atom. The monoisotopic (exact) mass is 356 g/mol. The first-order chi connectivity index (χ1) is 10.4. The molecule has 0 fully saturated rings. The largest absolute Gasteiger partial charge is 0.478 e. The molecule has 2 aromatic rings. The first kappa shape index (κ1) is 17.0. The Bertz CT molecular complexity index is 684. The normalized spacial score (nSPS) is 15.0. The fourth-order valence-electron chi connectivity index (χ4n) is 1.87. The number of hydrogen-bond donors (Lipinski definition) is 1. The molecule has 6 heteroatoms. The Kier molecular flexibility index (Phi) is 5.62. The van der Waals surface area contributed by atoms with Gasteiger partial charge in [0.25, 0.3) is 0 Å². The molecule has 22 heavy (non-hydrogen) atoms. The fraction of sp³-hybridized carbons (Fsp3) is 0.188. The number of carboxylic acid groups (broad SMARTS) is 1. The van der Waals surface area contributed by atoms with Crippen LogP contribution < -0.4 is 0 Å². The Morgan fingerprint density at radius 1 is 1.05 bits per heavy atom. The Morgan fingerprint density at radius 3 is 2.09 bits per heavy atom.